The summed E-state index contributed by atoms with van der Waals surface area (Å²) in [6.07, 6.45) is 24.7. The number of hydrogen-bond donors (Lipinski definition) is 0. The zero-order valence-corrected chi connectivity index (χ0v) is 18.1. The van der Waals surface area contributed by atoms with Crippen molar-refractivity contribution in [1.82, 2.24) is 0 Å². The van der Waals surface area contributed by atoms with Gasteiger partial charge in [-0.05, 0) is 57.6 Å². The van der Waals surface area contributed by atoms with E-state index < -0.39 is 0 Å². The Kier molecular flexibility index (Phi) is 19.6. The molecule has 3 heteroatoms. The molecule has 0 aromatic rings. The summed E-state index contributed by atoms with van der Waals surface area (Å²) in [7, 11) is 0. The molecule has 0 aromatic heterocycles. The van der Waals surface area contributed by atoms with Crippen molar-refractivity contribution in [3.8, 4) is 0 Å². The van der Waals surface area contributed by atoms with Crippen molar-refractivity contribution in [3.05, 3.63) is 36.5 Å². The topological polar surface area (TPSA) is 26.3 Å². The number of carbonyl (C=O) groups is 1. The molecule has 26 heavy (non-hydrogen) atoms. The Balaban J connectivity index is 3.66. The predicted octanol–water partition coefficient (Wildman–Crippen LogP) is 7.26. The lowest BCUT2D eigenvalue weighted by molar-refractivity contribution is -0.142. The Labute approximate surface area is 166 Å². The number of unbranched alkanes of at least 4 members (excludes halogenated alkanes) is 4. The van der Waals surface area contributed by atoms with E-state index in [4.69, 9.17) is 4.74 Å². The molecule has 0 heterocycles. The second-order valence-corrected chi connectivity index (χ2v) is 7.71. The van der Waals surface area contributed by atoms with Gasteiger partial charge in [0.15, 0.2) is 0 Å². The van der Waals surface area contributed by atoms with Crippen molar-refractivity contribution in [2.24, 2.45) is 0 Å². The maximum absolute atomic E-state index is 12.0. The van der Waals surface area contributed by atoms with E-state index in [1.54, 1.807) is 11.8 Å². The van der Waals surface area contributed by atoms with E-state index in [1.807, 2.05) is 6.92 Å². The van der Waals surface area contributed by atoms with E-state index in [9.17, 15) is 4.79 Å². The van der Waals surface area contributed by atoms with Crippen LogP contribution in [-0.2, 0) is 9.53 Å². The molecule has 0 bridgehead atoms. The minimum absolute atomic E-state index is 0.0212. The van der Waals surface area contributed by atoms with E-state index in [1.165, 1.54) is 19.3 Å². The van der Waals surface area contributed by atoms with Gasteiger partial charge in [-0.15, -0.1) is 11.8 Å². The Morgan fingerprint density at radius 1 is 0.885 bits per heavy atom. The Bertz CT molecular complexity index is 399. The van der Waals surface area contributed by atoms with Crippen molar-refractivity contribution in [3.63, 3.8) is 0 Å². The molecule has 0 aromatic carbocycles. The van der Waals surface area contributed by atoms with E-state index in [2.05, 4.69) is 50.3 Å². The van der Waals surface area contributed by atoms with Crippen molar-refractivity contribution in [1.29, 1.82) is 0 Å². The zero-order valence-electron chi connectivity index (χ0n) is 17.3. The first-order valence-corrected chi connectivity index (χ1v) is 11.5. The smallest absolute Gasteiger partial charge is 0.319 e. The van der Waals surface area contributed by atoms with E-state index in [0.29, 0.717) is 6.61 Å². The van der Waals surface area contributed by atoms with Gasteiger partial charge < -0.3 is 4.74 Å². The molecule has 0 aliphatic carbocycles. The molecule has 0 saturated carbocycles. The van der Waals surface area contributed by atoms with E-state index >= 15 is 0 Å². The second-order valence-electron chi connectivity index (χ2n) is 6.40. The summed E-state index contributed by atoms with van der Waals surface area (Å²) in [5.74, 6) is 1.02. The van der Waals surface area contributed by atoms with Crippen LogP contribution >= 0.6 is 11.8 Å². The average Bonchev–Trinajstić information content (AvgIpc) is 2.64. The summed E-state index contributed by atoms with van der Waals surface area (Å²) in [6, 6.07) is 0. The van der Waals surface area contributed by atoms with Gasteiger partial charge in [0.05, 0.1) is 6.61 Å². The number of rotatable bonds is 17. The summed E-state index contributed by atoms with van der Waals surface area (Å²) >= 11 is 1.76. The lowest BCUT2D eigenvalue weighted by atomic mass is 10.1. The Morgan fingerprint density at radius 2 is 1.54 bits per heavy atom. The molecule has 150 valence electrons. The van der Waals surface area contributed by atoms with Crippen molar-refractivity contribution >= 4 is 17.7 Å². The van der Waals surface area contributed by atoms with Gasteiger partial charge in [-0.25, -0.2) is 0 Å². The van der Waals surface area contributed by atoms with Gasteiger partial charge in [0.2, 0.25) is 0 Å². The number of carbonyl (C=O) groups excluding carboxylic acids is 1. The van der Waals surface area contributed by atoms with Gasteiger partial charge in [0.25, 0.3) is 0 Å². The molecule has 0 aliphatic rings. The highest BCUT2D eigenvalue weighted by Gasteiger charge is 2.19. The lowest BCUT2D eigenvalue weighted by Crippen LogP contribution is -2.20. The van der Waals surface area contributed by atoms with Crippen LogP contribution < -0.4 is 0 Å². The number of thioether (sulfide) groups is 1. The molecule has 0 N–H and O–H groups in total. The molecular formula is C23H40O2S. The van der Waals surface area contributed by atoms with Gasteiger partial charge in [-0.3, -0.25) is 4.79 Å². The van der Waals surface area contributed by atoms with Crippen LogP contribution in [0, 0.1) is 0 Å². The molecule has 0 saturated heterocycles. The normalized spacial score (nSPS) is 13.2. The van der Waals surface area contributed by atoms with Gasteiger partial charge in [0, 0.05) is 0 Å². The van der Waals surface area contributed by atoms with Crippen LogP contribution in [0.5, 0.6) is 0 Å². The third kappa shape index (κ3) is 16.5. The number of hydrogen-bond acceptors (Lipinski definition) is 3. The van der Waals surface area contributed by atoms with Gasteiger partial charge in [-0.2, -0.15) is 0 Å². The van der Waals surface area contributed by atoms with Crippen LogP contribution in [-0.4, -0.2) is 23.6 Å². The molecule has 0 amide bonds. The minimum Gasteiger partial charge on any atom is -0.465 e. The molecule has 0 radical (unpaired) electrons. The quantitative estimate of drug-likeness (QED) is 0.151. The fourth-order valence-corrected chi connectivity index (χ4v) is 3.59. The molecule has 0 rings (SSSR count). The summed E-state index contributed by atoms with van der Waals surface area (Å²) in [5, 5.41) is 0.0359. The highest BCUT2D eigenvalue weighted by Crippen LogP contribution is 2.21. The molecule has 0 fully saturated rings. The maximum Gasteiger partial charge on any atom is 0.319 e. The molecule has 2 nitrogen and oxygen atoms in total. The van der Waals surface area contributed by atoms with Gasteiger partial charge >= 0.3 is 5.97 Å². The van der Waals surface area contributed by atoms with Gasteiger partial charge in [0.1, 0.15) is 5.25 Å². The third-order valence-corrected chi connectivity index (χ3v) is 5.41. The molecular weight excluding hydrogens is 340 g/mol. The summed E-state index contributed by atoms with van der Waals surface area (Å²) in [6.45, 7) is 6.68. The average molecular weight is 381 g/mol. The summed E-state index contributed by atoms with van der Waals surface area (Å²) in [5.41, 5.74) is 0. The second kappa shape index (κ2) is 20.4. The number of esters is 1. The van der Waals surface area contributed by atoms with Gasteiger partial charge in [-0.1, -0.05) is 69.6 Å². The number of allylic oxidation sites excluding steroid dienone is 6. The van der Waals surface area contributed by atoms with E-state index in [0.717, 1.165) is 50.7 Å². The van der Waals surface area contributed by atoms with Crippen LogP contribution in [0.1, 0.15) is 85.0 Å². The van der Waals surface area contributed by atoms with E-state index in [-0.39, 0.29) is 11.2 Å². The van der Waals surface area contributed by atoms with Crippen LogP contribution in [0.15, 0.2) is 36.5 Å². The van der Waals surface area contributed by atoms with Crippen LogP contribution in [0.3, 0.4) is 0 Å². The lowest BCUT2D eigenvalue weighted by Gasteiger charge is -2.14. The Morgan fingerprint density at radius 3 is 2.19 bits per heavy atom. The number of ether oxygens (including phenoxy) is 1. The monoisotopic (exact) mass is 380 g/mol. The van der Waals surface area contributed by atoms with Crippen LogP contribution in [0.2, 0.25) is 0 Å². The SMILES string of the molecule is CCC=CCC=CCC=CCCCCCCC(SCCC)C(=O)OCC. The molecule has 0 spiro atoms. The van der Waals surface area contributed by atoms with Crippen LogP contribution in [0.4, 0.5) is 0 Å². The fourth-order valence-electron chi connectivity index (χ4n) is 2.54. The first kappa shape index (κ1) is 25.0. The highest BCUT2D eigenvalue weighted by atomic mass is 32.2. The zero-order chi connectivity index (χ0) is 19.3. The largest absolute Gasteiger partial charge is 0.465 e. The van der Waals surface area contributed by atoms with Crippen LogP contribution in [0.25, 0.3) is 0 Å². The van der Waals surface area contributed by atoms with Crippen molar-refractivity contribution in [2.75, 3.05) is 12.4 Å². The maximum atomic E-state index is 12.0. The first-order valence-electron chi connectivity index (χ1n) is 10.5. The minimum atomic E-state index is -0.0212. The first-order chi connectivity index (χ1) is 12.8. The molecule has 1 unspecified atom stereocenters. The van der Waals surface area contributed by atoms with Crippen molar-refractivity contribution in [2.45, 2.75) is 90.2 Å². The fraction of sp³-hybridized carbons (Fsp3) is 0.696. The third-order valence-electron chi connectivity index (χ3n) is 3.94. The highest BCUT2D eigenvalue weighted by molar-refractivity contribution is 8.00. The molecule has 0 aliphatic heterocycles. The molecule has 1 atom stereocenters. The van der Waals surface area contributed by atoms with Crippen molar-refractivity contribution < 1.29 is 9.53 Å². The Hall–Kier alpha value is -0.960. The predicted molar refractivity (Wildman–Crippen MR) is 118 cm³/mol. The standard InChI is InChI=1S/C23H40O2S/c1-4-7-8-9-10-11-12-13-14-15-16-17-18-19-20-22(26-21-5-2)23(24)25-6-3/h7-8,10-11,13-14,22H,4-6,9,12,15-21H2,1-3H3. The summed E-state index contributed by atoms with van der Waals surface area (Å²) < 4.78 is 5.19. The summed E-state index contributed by atoms with van der Waals surface area (Å²) in [4.78, 5) is 12.0.